The molecule has 98 valence electrons. The lowest BCUT2D eigenvalue weighted by Crippen LogP contribution is -1.96. The van der Waals surface area contributed by atoms with Crippen molar-refractivity contribution in [2.45, 2.75) is 10.8 Å². The van der Waals surface area contributed by atoms with Gasteiger partial charge in [0.1, 0.15) is 5.82 Å². The maximum atomic E-state index is 12.9. The van der Waals surface area contributed by atoms with Crippen LogP contribution in [0.4, 0.5) is 4.39 Å². The molecule has 0 aliphatic carbocycles. The Kier molecular flexibility index (Phi) is 4.55. The molecule has 0 fully saturated rings. The summed E-state index contributed by atoms with van der Waals surface area (Å²) in [5.74, 6) is -0.657. The maximum absolute atomic E-state index is 12.9. The molecule has 0 aliphatic heterocycles. The van der Waals surface area contributed by atoms with E-state index in [9.17, 15) is 9.18 Å². The second-order valence-corrected chi connectivity index (χ2v) is 5.56. The average molecular weight is 342 g/mol. The van der Waals surface area contributed by atoms with E-state index in [2.05, 4.69) is 20.9 Å². The first-order valence-electron chi connectivity index (χ1n) is 5.32. The Labute approximate surface area is 122 Å². The number of aromatic carboxylic acids is 1. The van der Waals surface area contributed by atoms with E-state index >= 15 is 0 Å². The van der Waals surface area contributed by atoms with Gasteiger partial charge in [0.15, 0.2) is 0 Å². The molecule has 0 aliphatic rings. The van der Waals surface area contributed by atoms with Gasteiger partial charge in [-0.1, -0.05) is 22.0 Å². The molecule has 19 heavy (non-hydrogen) atoms. The molecule has 0 spiro atoms. The van der Waals surface area contributed by atoms with Gasteiger partial charge in [-0.05, 0) is 29.8 Å². The summed E-state index contributed by atoms with van der Waals surface area (Å²) in [5, 5.41) is 9.48. The molecule has 2 rings (SSSR count). The zero-order valence-corrected chi connectivity index (χ0v) is 12.0. The normalized spacial score (nSPS) is 10.4. The third-order valence-corrected chi connectivity index (χ3v) is 4.10. The first-order chi connectivity index (χ1) is 9.06. The van der Waals surface area contributed by atoms with E-state index in [0.29, 0.717) is 10.2 Å². The Morgan fingerprint density at radius 2 is 2.16 bits per heavy atom. The largest absolute Gasteiger partial charge is 0.478 e. The summed E-state index contributed by atoms with van der Waals surface area (Å²) >= 11 is 4.76. The minimum absolute atomic E-state index is 0.160. The van der Waals surface area contributed by atoms with Gasteiger partial charge in [-0.25, -0.2) is 14.2 Å². The Morgan fingerprint density at radius 1 is 1.37 bits per heavy atom. The van der Waals surface area contributed by atoms with Gasteiger partial charge in [-0.15, -0.1) is 11.8 Å². The fourth-order valence-corrected chi connectivity index (χ4v) is 2.91. The molecule has 1 heterocycles. The number of thioether (sulfide) groups is 1. The number of pyridine rings is 1. The van der Waals surface area contributed by atoms with Crippen LogP contribution in [0.15, 0.2) is 46.0 Å². The molecule has 3 nitrogen and oxygen atoms in total. The zero-order valence-electron chi connectivity index (χ0n) is 9.64. The van der Waals surface area contributed by atoms with Crippen LogP contribution in [0.25, 0.3) is 0 Å². The fourth-order valence-electron chi connectivity index (χ4n) is 1.38. The maximum Gasteiger partial charge on any atom is 0.337 e. The quantitative estimate of drug-likeness (QED) is 0.854. The minimum atomic E-state index is -0.995. The highest BCUT2D eigenvalue weighted by atomic mass is 79.9. The van der Waals surface area contributed by atoms with Gasteiger partial charge in [0.25, 0.3) is 0 Å². The van der Waals surface area contributed by atoms with Crippen molar-refractivity contribution >= 4 is 33.7 Å². The van der Waals surface area contributed by atoms with Gasteiger partial charge in [0, 0.05) is 16.4 Å². The summed E-state index contributed by atoms with van der Waals surface area (Å²) in [5.41, 5.74) is 1.11. The van der Waals surface area contributed by atoms with Crippen LogP contribution < -0.4 is 0 Å². The first kappa shape index (κ1) is 14.0. The van der Waals surface area contributed by atoms with Crippen LogP contribution in [0.3, 0.4) is 0 Å². The van der Waals surface area contributed by atoms with Crippen molar-refractivity contribution in [3.05, 3.63) is 57.9 Å². The van der Waals surface area contributed by atoms with E-state index in [0.717, 1.165) is 10.6 Å². The van der Waals surface area contributed by atoms with Gasteiger partial charge in [-0.3, -0.25) is 0 Å². The lowest BCUT2D eigenvalue weighted by molar-refractivity contribution is 0.0696. The van der Waals surface area contributed by atoms with Crippen molar-refractivity contribution in [1.82, 2.24) is 4.98 Å². The van der Waals surface area contributed by atoms with Gasteiger partial charge in [0.05, 0.1) is 10.6 Å². The van der Waals surface area contributed by atoms with Crippen LogP contribution in [0.2, 0.25) is 0 Å². The summed E-state index contributed by atoms with van der Waals surface area (Å²) in [6.07, 6.45) is 1.32. The first-order valence-corrected chi connectivity index (χ1v) is 7.10. The highest BCUT2D eigenvalue weighted by molar-refractivity contribution is 9.10. The number of aromatic nitrogens is 1. The van der Waals surface area contributed by atoms with E-state index < -0.39 is 5.97 Å². The molecule has 6 heteroatoms. The molecular weight excluding hydrogens is 333 g/mol. The Bertz CT molecular complexity index is 604. The molecular formula is C13H9BrFNO2S. The van der Waals surface area contributed by atoms with E-state index in [1.165, 1.54) is 36.2 Å². The molecule has 0 bridgehead atoms. The number of carbonyl (C=O) groups is 1. The van der Waals surface area contributed by atoms with Crippen molar-refractivity contribution in [2.75, 3.05) is 0 Å². The molecule has 0 saturated carbocycles. The summed E-state index contributed by atoms with van der Waals surface area (Å²) in [4.78, 5) is 14.7. The Balaban J connectivity index is 2.04. The summed E-state index contributed by atoms with van der Waals surface area (Å²) < 4.78 is 13.6. The molecule has 1 N–H and O–H groups in total. The SMILES string of the molecule is O=C(O)c1ccc(SCc2ccc(F)cc2Br)nc1. The third-order valence-electron chi connectivity index (χ3n) is 2.37. The number of hydrogen-bond donors (Lipinski definition) is 1. The van der Waals surface area contributed by atoms with Gasteiger partial charge in [0.2, 0.25) is 0 Å². The van der Waals surface area contributed by atoms with Crippen molar-refractivity contribution in [2.24, 2.45) is 0 Å². The van der Waals surface area contributed by atoms with Crippen LogP contribution in [-0.2, 0) is 5.75 Å². The van der Waals surface area contributed by atoms with E-state index in [-0.39, 0.29) is 11.4 Å². The second-order valence-electron chi connectivity index (χ2n) is 3.71. The highest BCUT2D eigenvalue weighted by Crippen LogP contribution is 2.26. The van der Waals surface area contributed by atoms with Crippen LogP contribution in [0.1, 0.15) is 15.9 Å². The lowest BCUT2D eigenvalue weighted by atomic mass is 10.2. The number of carboxylic acids is 1. The molecule has 0 radical (unpaired) electrons. The molecule has 0 atom stereocenters. The van der Waals surface area contributed by atoms with Crippen molar-refractivity contribution < 1.29 is 14.3 Å². The van der Waals surface area contributed by atoms with Crippen molar-refractivity contribution in [3.63, 3.8) is 0 Å². The molecule has 1 aromatic heterocycles. The fraction of sp³-hybridized carbons (Fsp3) is 0.0769. The van der Waals surface area contributed by atoms with Crippen LogP contribution in [-0.4, -0.2) is 16.1 Å². The number of halogens is 2. The molecule has 0 saturated heterocycles. The minimum Gasteiger partial charge on any atom is -0.478 e. The summed E-state index contributed by atoms with van der Waals surface area (Å²) in [6, 6.07) is 7.69. The van der Waals surface area contributed by atoms with Gasteiger partial charge < -0.3 is 5.11 Å². The monoisotopic (exact) mass is 341 g/mol. The third kappa shape index (κ3) is 3.78. The predicted molar refractivity (Wildman–Crippen MR) is 74.9 cm³/mol. The molecule has 2 aromatic rings. The Hall–Kier alpha value is -1.40. The van der Waals surface area contributed by atoms with Crippen LogP contribution in [0.5, 0.6) is 0 Å². The average Bonchev–Trinajstić information content (AvgIpc) is 2.38. The van der Waals surface area contributed by atoms with E-state index in [1.54, 1.807) is 12.1 Å². The zero-order chi connectivity index (χ0) is 13.8. The number of carboxylic acid groups (broad SMARTS) is 1. The molecule has 1 aromatic carbocycles. The van der Waals surface area contributed by atoms with Crippen LogP contribution in [0, 0.1) is 5.82 Å². The van der Waals surface area contributed by atoms with Gasteiger partial charge >= 0.3 is 5.97 Å². The number of nitrogens with zero attached hydrogens (tertiary/aromatic N) is 1. The lowest BCUT2D eigenvalue weighted by Gasteiger charge is -2.04. The second kappa shape index (κ2) is 6.16. The highest BCUT2D eigenvalue weighted by Gasteiger charge is 2.05. The molecule has 0 unspecified atom stereocenters. The number of benzene rings is 1. The summed E-state index contributed by atoms with van der Waals surface area (Å²) in [6.45, 7) is 0. The molecule has 0 amide bonds. The predicted octanol–water partition coefficient (Wildman–Crippen LogP) is 3.97. The smallest absolute Gasteiger partial charge is 0.337 e. The Morgan fingerprint density at radius 3 is 2.74 bits per heavy atom. The van der Waals surface area contributed by atoms with E-state index in [1.807, 2.05) is 0 Å². The summed E-state index contributed by atoms with van der Waals surface area (Å²) in [7, 11) is 0. The van der Waals surface area contributed by atoms with E-state index in [4.69, 9.17) is 5.11 Å². The number of hydrogen-bond acceptors (Lipinski definition) is 3. The topological polar surface area (TPSA) is 50.2 Å². The van der Waals surface area contributed by atoms with Crippen molar-refractivity contribution in [3.8, 4) is 0 Å². The van der Waals surface area contributed by atoms with Crippen molar-refractivity contribution in [1.29, 1.82) is 0 Å². The van der Waals surface area contributed by atoms with Crippen LogP contribution >= 0.6 is 27.7 Å². The number of rotatable bonds is 4. The standard InChI is InChI=1S/C13H9BrFNO2S/c14-11-5-10(15)3-1-9(11)7-19-12-4-2-8(6-16-12)13(17)18/h1-6H,7H2,(H,17,18). The van der Waals surface area contributed by atoms with Gasteiger partial charge in [-0.2, -0.15) is 0 Å².